The summed E-state index contributed by atoms with van der Waals surface area (Å²) in [7, 11) is 0. The first-order valence-corrected chi connectivity index (χ1v) is 11.4. The van der Waals surface area contributed by atoms with Gasteiger partial charge < -0.3 is 5.32 Å². The smallest absolute Gasteiger partial charge is 0.343 e. The zero-order chi connectivity index (χ0) is 26.5. The Morgan fingerprint density at radius 3 is 2.62 bits per heavy atom. The lowest BCUT2D eigenvalue weighted by Gasteiger charge is -2.17. The number of aromatic nitrogens is 6. The predicted octanol–water partition coefficient (Wildman–Crippen LogP) is 3.58. The fraction of sp³-hybridized carbons (Fsp3) is 0.240. The Hall–Kier alpha value is -4.48. The van der Waals surface area contributed by atoms with Gasteiger partial charge in [0.2, 0.25) is 5.91 Å². The largest absolute Gasteiger partial charge is 0.408 e. The number of benzene rings is 1. The number of carbonyl (C=O) groups excluding carboxylic acids is 1. The van der Waals surface area contributed by atoms with Gasteiger partial charge in [-0.05, 0) is 44.0 Å². The lowest BCUT2D eigenvalue weighted by molar-refractivity contribution is -0.158. The Morgan fingerprint density at radius 2 is 1.89 bits per heavy atom. The van der Waals surface area contributed by atoms with E-state index >= 15 is 0 Å². The fourth-order valence-electron chi connectivity index (χ4n) is 4.32. The van der Waals surface area contributed by atoms with E-state index in [0.717, 1.165) is 29.1 Å². The molecule has 190 valence electrons. The van der Waals surface area contributed by atoms with Crippen LogP contribution in [0.5, 0.6) is 0 Å². The van der Waals surface area contributed by atoms with Crippen molar-refractivity contribution in [2.24, 2.45) is 0 Å². The summed E-state index contributed by atoms with van der Waals surface area (Å²) in [6.07, 6.45) is 3.68. The number of fused-ring (bicyclic) bond motifs is 2. The van der Waals surface area contributed by atoms with Crippen LogP contribution >= 0.6 is 0 Å². The minimum atomic E-state index is -4.59. The van der Waals surface area contributed by atoms with Crippen LogP contribution in [0.25, 0.3) is 33.5 Å². The molecule has 9 nitrogen and oxygen atoms in total. The SMILES string of the molecule is Cc1cc(-c2cnn3ccncc23)ncc1-n1c(=O)n(CC(=O)NC(C)C(F)(F)F)c2cccc(C)c21. The van der Waals surface area contributed by atoms with E-state index in [4.69, 9.17) is 0 Å². The van der Waals surface area contributed by atoms with Gasteiger partial charge in [-0.25, -0.2) is 9.31 Å². The average Bonchev–Trinajstić information content (AvgIpc) is 3.39. The maximum absolute atomic E-state index is 13.6. The van der Waals surface area contributed by atoms with Crippen LogP contribution in [0.15, 0.2) is 60.0 Å². The van der Waals surface area contributed by atoms with E-state index in [-0.39, 0.29) is 0 Å². The van der Waals surface area contributed by atoms with Gasteiger partial charge in [0.15, 0.2) is 0 Å². The van der Waals surface area contributed by atoms with Gasteiger partial charge in [-0.2, -0.15) is 18.3 Å². The number of para-hydroxylation sites is 1. The highest BCUT2D eigenvalue weighted by Crippen LogP contribution is 2.27. The molecule has 0 saturated carbocycles. The second kappa shape index (κ2) is 8.87. The first kappa shape index (κ1) is 24.2. The van der Waals surface area contributed by atoms with E-state index in [9.17, 15) is 22.8 Å². The lowest BCUT2D eigenvalue weighted by Crippen LogP contribution is -2.45. The van der Waals surface area contributed by atoms with Crippen molar-refractivity contribution in [1.29, 1.82) is 0 Å². The molecule has 0 radical (unpaired) electrons. The standard InChI is InChI=1S/C25H22F3N7O2/c1-14-5-4-6-19-23(14)35(24(37)33(19)13-22(36)32-16(3)25(26,27)28)20-12-30-18(9-15(20)2)17-10-31-34-8-7-29-11-21(17)34/h4-12,16H,13H2,1-3H3,(H,32,36). The van der Waals surface area contributed by atoms with E-state index in [2.05, 4.69) is 15.1 Å². The Kier molecular flexibility index (Phi) is 5.81. The molecule has 0 aliphatic rings. The number of aryl methyl sites for hydroxylation is 2. The first-order chi connectivity index (χ1) is 17.6. The summed E-state index contributed by atoms with van der Waals surface area (Å²) in [6, 6.07) is 4.98. The van der Waals surface area contributed by atoms with Crippen molar-refractivity contribution in [1.82, 2.24) is 34.0 Å². The van der Waals surface area contributed by atoms with Gasteiger partial charge in [0, 0.05) is 18.0 Å². The molecule has 1 N–H and O–H groups in total. The third-order valence-corrected chi connectivity index (χ3v) is 6.25. The highest BCUT2D eigenvalue weighted by molar-refractivity contribution is 5.85. The molecule has 1 aromatic carbocycles. The molecule has 4 heterocycles. The number of hydrogen-bond acceptors (Lipinski definition) is 5. The van der Waals surface area contributed by atoms with Crippen LogP contribution in [0.3, 0.4) is 0 Å². The van der Waals surface area contributed by atoms with Gasteiger partial charge in [0.25, 0.3) is 0 Å². The number of pyridine rings is 1. The Bertz CT molecular complexity index is 1720. The molecule has 1 unspecified atom stereocenters. The van der Waals surface area contributed by atoms with Gasteiger partial charge >= 0.3 is 11.9 Å². The molecule has 12 heteroatoms. The monoisotopic (exact) mass is 509 g/mol. The van der Waals surface area contributed by atoms with E-state index in [1.54, 1.807) is 47.6 Å². The average molecular weight is 509 g/mol. The number of nitrogens with zero attached hydrogens (tertiary/aromatic N) is 6. The van der Waals surface area contributed by atoms with Crippen LogP contribution in [0.2, 0.25) is 0 Å². The molecule has 1 amide bonds. The van der Waals surface area contributed by atoms with E-state index in [0.29, 0.717) is 22.4 Å². The van der Waals surface area contributed by atoms with Crippen LogP contribution in [0.4, 0.5) is 13.2 Å². The summed E-state index contributed by atoms with van der Waals surface area (Å²) in [5.41, 5.74) is 4.57. The van der Waals surface area contributed by atoms with Crippen LogP contribution < -0.4 is 11.0 Å². The Morgan fingerprint density at radius 1 is 1.11 bits per heavy atom. The lowest BCUT2D eigenvalue weighted by atomic mass is 10.1. The van der Waals surface area contributed by atoms with Crippen molar-refractivity contribution in [2.75, 3.05) is 0 Å². The van der Waals surface area contributed by atoms with Gasteiger partial charge in [0.1, 0.15) is 12.6 Å². The summed E-state index contributed by atoms with van der Waals surface area (Å²) in [6.45, 7) is 3.94. The zero-order valence-electron chi connectivity index (χ0n) is 20.1. The molecular formula is C25H22F3N7O2. The second-order valence-corrected chi connectivity index (χ2v) is 8.80. The Balaban J connectivity index is 1.59. The van der Waals surface area contributed by atoms with Crippen molar-refractivity contribution >= 4 is 22.5 Å². The molecule has 0 aliphatic heterocycles. The minimum Gasteiger partial charge on any atom is -0.343 e. The van der Waals surface area contributed by atoms with Crippen LogP contribution in [-0.2, 0) is 11.3 Å². The highest BCUT2D eigenvalue weighted by Gasteiger charge is 2.37. The molecule has 4 aromatic heterocycles. The molecule has 0 fully saturated rings. The van der Waals surface area contributed by atoms with Crippen LogP contribution in [-0.4, -0.2) is 46.8 Å². The molecule has 0 saturated heterocycles. The quantitative estimate of drug-likeness (QED) is 0.391. The topological polar surface area (TPSA) is 99.1 Å². The van der Waals surface area contributed by atoms with Crippen molar-refractivity contribution in [3.8, 4) is 16.9 Å². The second-order valence-electron chi connectivity index (χ2n) is 8.80. The highest BCUT2D eigenvalue weighted by atomic mass is 19.4. The van der Waals surface area contributed by atoms with Gasteiger partial charge in [-0.15, -0.1) is 0 Å². The van der Waals surface area contributed by atoms with Crippen LogP contribution in [0, 0.1) is 13.8 Å². The number of hydrogen-bond donors (Lipinski definition) is 1. The van der Waals surface area contributed by atoms with Crippen molar-refractivity contribution in [3.05, 3.63) is 76.9 Å². The third-order valence-electron chi connectivity index (χ3n) is 6.25. The van der Waals surface area contributed by atoms with E-state index in [1.807, 2.05) is 31.3 Å². The molecule has 0 aliphatic carbocycles. The molecule has 5 rings (SSSR count). The zero-order valence-corrected chi connectivity index (χ0v) is 20.1. The summed E-state index contributed by atoms with van der Waals surface area (Å²) in [4.78, 5) is 34.7. The number of nitrogens with one attached hydrogen (secondary N) is 1. The number of carbonyl (C=O) groups is 1. The Labute approximate surface area is 208 Å². The number of imidazole rings is 1. The molecule has 37 heavy (non-hydrogen) atoms. The fourth-order valence-corrected chi connectivity index (χ4v) is 4.32. The molecular weight excluding hydrogens is 487 g/mol. The van der Waals surface area contributed by atoms with Gasteiger partial charge in [-0.3, -0.25) is 23.9 Å². The van der Waals surface area contributed by atoms with E-state index in [1.165, 1.54) is 9.13 Å². The predicted molar refractivity (Wildman–Crippen MR) is 130 cm³/mol. The van der Waals surface area contributed by atoms with Gasteiger partial charge in [-0.1, -0.05) is 12.1 Å². The maximum atomic E-state index is 13.6. The van der Waals surface area contributed by atoms with Gasteiger partial charge in [0.05, 0.1) is 46.5 Å². The summed E-state index contributed by atoms with van der Waals surface area (Å²) in [5.74, 6) is -0.917. The maximum Gasteiger partial charge on any atom is 0.408 e. The van der Waals surface area contributed by atoms with Crippen LogP contribution in [0.1, 0.15) is 18.1 Å². The number of halogens is 3. The first-order valence-electron chi connectivity index (χ1n) is 11.4. The van der Waals surface area contributed by atoms with Crippen molar-refractivity contribution in [2.45, 2.75) is 39.5 Å². The minimum absolute atomic E-state index is 0.428. The number of amides is 1. The van der Waals surface area contributed by atoms with Crippen molar-refractivity contribution in [3.63, 3.8) is 0 Å². The van der Waals surface area contributed by atoms with E-state index < -0.39 is 30.4 Å². The number of rotatable bonds is 5. The molecule has 0 spiro atoms. The molecule has 1 atom stereocenters. The van der Waals surface area contributed by atoms with Crippen molar-refractivity contribution < 1.29 is 18.0 Å². The molecule has 5 aromatic rings. The molecule has 0 bridgehead atoms. The summed E-state index contributed by atoms with van der Waals surface area (Å²) in [5, 5.41) is 6.22. The third kappa shape index (κ3) is 4.24. The summed E-state index contributed by atoms with van der Waals surface area (Å²) >= 11 is 0. The number of alkyl halides is 3. The normalized spacial score (nSPS) is 12.8. The summed E-state index contributed by atoms with van der Waals surface area (Å²) < 4.78 is 43.1.